The van der Waals surface area contributed by atoms with Crippen molar-refractivity contribution in [1.82, 2.24) is 4.31 Å². The summed E-state index contributed by atoms with van der Waals surface area (Å²) in [7, 11) is 0.901. The fraction of sp³-hybridized carbons (Fsp3) is 0.278. The van der Waals surface area contributed by atoms with E-state index < -0.39 is 10.0 Å². The summed E-state index contributed by atoms with van der Waals surface area (Å²) in [6.45, 7) is 3.60. The molecule has 0 aliphatic rings. The van der Waals surface area contributed by atoms with E-state index in [-0.39, 0.29) is 10.8 Å². The highest BCUT2D eigenvalue weighted by Crippen LogP contribution is 2.24. The lowest BCUT2D eigenvalue weighted by molar-refractivity contribution is 0.102. The lowest BCUT2D eigenvalue weighted by Crippen LogP contribution is -2.23. The van der Waals surface area contributed by atoms with E-state index in [4.69, 9.17) is 4.74 Å². The quantitative estimate of drug-likeness (QED) is 0.887. The molecular formula is C18H22N2O4S. The van der Waals surface area contributed by atoms with Crippen molar-refractivity contribution >= 4 is 21.6 Å². The summed E-state index contributed by atoms with van der Waals surface area (Å²) in [5.74, 6) is 0.280. The molecule has 0 bridgehead atoms. The van der Waals surface area contributed by atoms with Gasteiger partial charge in [-0.2, -0.15) is 0 Å². The second-order valence-corrected chi connectivity index (χ2v) is 8.03. The minimum Gasteiger partial charge on any atom is -0.496 e. The average Bonchev–Trinajstić information content (AvgIpc) is 2.56. The Balaban J connectivity index is 2.34. The number of benzene rings is 2. The Morgan fingerprint density at radius 3 is 2.28 bits per heavy atom. The number of sulfonamides is 1. The molecule has 1 N–H and O–H groups in total. The number of nitrogens with zero attached hydrogens (tertiary/aromatic N) is 1. The predicted octanol–water partition coefficient (Wildman–Crippen LogP) is 2.81. The first-order valence-corrected chi connectivity index (χ1v) is 9.10. The minimum absolute atomic E-state index is 0.164. The zero-order valence-corrected chi connectivity index (χ0v) is 15.8. The molecule has 0 aliphatic heterocycles. The molecule has 0 spiro atoms. The molecule has 2 aromatic rings. The van der Waals surface area contributed by atoms with Gasteiger partial charge in [0.25, 0.3) is 5.91 Å². The lowest BCUT2D eigenvalue weighted by atomic mass is 10.1. The summed E-state index contributed by atoms with van der Waals surface area (Å²) in [6, 6.07) is 9.95. The molecule has 6 nitrogen and oxygen atoms in total. The van der Waals surface area contributed by atoms with E-state index >= 15 is 0 Å². The first kappa shape index (κ1) is 19.0. The third kappa shape index (κ3) is 4.00. The first-order valence-electron chi connectivity index (χ1n) is 7.66. The molecule has 0 radical (unpaired) electrons. The van der Waals surface area contributed by atoms with Crippen molar-refractivity contribution in [2.45, 2.75) is 18.7 Å². The lowest BCUT2D eigenvalue weighted by Gasteiger charge is -2.15. The zero-order valence-electron chi connectivity index (χ0n) is 15.0. The topological polar surface area (TPSA) is 75.7 Å². The molecule has 1 amide bonds. The van der Waals surface area contributed by atoms with Crippen LogP contribution in [0.4, 0.5) is 5.69 Å². The van der Waals surface area contributed by atoms with Crippen LogP contribution in [0.15, 0.2) is 41.3 Å². The van der Waals surface area contributed by atoms with Crippen molar-refractivity contribution in [3.63, 3.8) is 0 Å². The van der Waals surface area contributed by atoms with Crippen LogP contribution in [-0.4, -0.2) is 39.8 Å². The van der Waals surface area contributed by atoms with Crippen LogP contribution in [0, 0.1) is 13.8 Å². The third-order valence-corrected chi connectivity index (χ3v) is 5.83. The molecule has 0 aromatic heterocycles. The van der Waals surface area contributed by atoms with Gasteiger partial charge in [-0.25, -0.2) is 12.7 Å². The number of nitrogens with one attached hydrogen (secondary N) is 1. The SMILES string of the molecule is COc1cc(C(=O)Nc2ccc(C)c(S(=O)(=O)N(C)C)c2)ccc1C. The Kier molecular flexibility index (Phi) is 5.49. The van der Waals surface area contributed by atoms with E-state index in [0.29, 0.717) is 22.6 Å². The van der Waals surface area contributed by atoms with Gasteiger partial charge in [-0.15, -0.1) is 0 Å². The largest absolute Gasteiger partial charge is 0.496 e. The molecule has 0 saturated carbocycles. The molecule has 2 rings (SSSR count). The number of methoxy groups -OCH3 is 1. The number of hydrogen-bond donors (Lipinski definition) is 1. The van der Waals surface area contributed by atoms with Crippen LogP contribution >= 0.6 is 0 Å². The Morgan fingerprint density at radius 2 is 1.68 bits per heavy atom. The maximum Gasteiger partial charge on any atom is 0.255 e. The summed E-state index contributed by atoms with van der Waals surface area (Å²) in [5, 5.41) is 2.73. The smallest absolute Gasteiger partial charge is 0.255 e. The van der Waals surface area contributed by atoms with E-state index in [0.717, 1.165) is 9.87 Å². The van der Waals surface area contributed by atoms with Gasteiger partial charge in [-0.1, -0.05) is 12.1 Å². The molecular weight excluding hydrogens is 340 g/mol. The summed E-state index contributed by atoms with van der Waals surface area (Å²) in [4.78, 5) is 12.6. The van der Waals surface area contributed by atoms with E-state index in [2.05, 4.69) is 5.32 Å². The van der Waals surface area contributed by atoms with Crippen molar-refractivity contribution < 1.29 is 17.9 Å². The van der Waals surface area contributed by atoms with E-state index in [1.807, 2.05) is 6.92 Å². The number of ether oxygens (including phenoxy) is 1. The van der Waals surface area contributed by atoms with Crippen LogP contribution in [0.1, 0.15) is 21.5 Å². The molecule has 0 atom stereocenters. The molecule has 25 heavy (non-hydrogen) atoms. The van der Waals surface area contributed by atoms with Crippen molar-refractivity contribution in [2.75, 3.05) is 26.5 Å². The minimum atomic E-state index is -3.58. The number of carbonyl (C=O) groups excluding carboxylic acids is 1. The highest BCUT2D eigenvalue weighted by atomic mass is 32.2. The number of hydrogen-bond acceptors (Lipinski definition) is 4. The van der Waals surface area contributed by atoms with Gasteiger partial charge >= 0.3 is 0 Å². The third-order valence-electron chi connectivity index (χ3n) is 3.87. The molecule has 0 aliphatic carbocycles. The van der Waals surface area contributed by atoms with Crippen molar-refractivity contribution in [2.24, 2.45) is 0 Å². The van der Waals surface area contributed by atoms with Crippen LogP contribution in [0.3, 0.4) is 0 Å². The van der Waals surface area contributed by atoms with E-state index in [9.17, 15) is 13.2 Å². The van der Waals surface area contributed by atoms with Crippen molar-refractivity contribution in [3.05, 3.63) is 53.1 Å². The van der Waals surface area contributed by atoms with Crippen LogP contribution < -0.4 is 10.1 Å². The maximum absolute atomic E-state index is 12.4. The molecule has 0 unspecified atom stereocenters. The van der Waals surface area contributed by atoms with Gasteiger partial charge in [0.2, 0.25) is 10.0 Å². The molecule has 0 saturated heterocycles. The van der Waals surface area contributed by atoms with Gasteiger partial charge in [0.15, 0.2) is 0 Å². The van der Waals surface area contributed by atoms with Gasteiger partial charge in [0, 0.05) is 25.3 Å². The van der Waals surface area contributed by atoms with Gasteiger partial charge in [0.05, 0.1) is 12.0 Å². The van der Waals surface area contributed by atoms with Crippen LogP contribution in [0.5, 0.6) is 5.75 Å². The Labute approximate surface area is 148 Å². The Morgan fingerprint density at radius 1 is 1.04 bits per heavy atom. The zero-order chi connectivity index (χ0) is 18.8. The number of aryl methyl sites for hydroxylation is 2. The second kappa shape index (κ2) is 7.25. The molecule has 2 aromatic carbocycles. The summed E-state index contributed by atoms with van der Waals surface area (Å²) < 4.78 is 31.1. The fourth-order valence-electron chi connectivity index (χ4n) is 2.32. The van der Waals surface area contributed by atoms with Crippen LogP contribution in [-0.2, 0) is 10.0 Å². The second-order valence-electron chi connectivity index (χ2n) is 5.91. The van der Waals surface area contributed by atoms with Gasteiger partial charge < -0.3 is 10.1 Å². The normalized spacial score (nSPS) is 11.4. The van der Waals surface area contributed by atoms with E-state index in [1.54, 1.807) is 44.4 Å². The summed E-state index contributed by atoms with van der Waals surface area (Å²) in [5.41, 5.74) is 2.38. The molecule has 0 heterocycles. The number of carbonyl (C=O) groups is 1. The molecule has 0 fully saturated rings. The fourth-order valence-corrected chi connectivity index (χ4v) is 3.46. The number of amides is 1. The number of anilines is 1. The molecule has 7 heteroatoms. The Bertz CT molecular complexity index is 905. The molecule has 134 valence electrons. The van der Waals surface area contributed by atoms with Crippen molar-refractivity contribution in [3.8, 4) is 5.75 Å². The van der Waals surface area contributed by atoms with Crippen LogP contribution in [0.2, 0.25) is 0 Å². The van der Waals surface area contributed by atoms with Gasteiger partial charge in [0.1, 0.15) is 5.75 Å². The van der Waals surface area contributed by atoms with Gasteiger partial charge in [-0.3, -0.25) is 4.79 Å². The van der Waals surface area contributed by atoms with Gasteiger partial charge in [-0.05, 0) is 49.2 Å². The highest BCUT2D eigenvalue weighted by molar-refractivity contribution is 7.89. The van der Waals surface area contributed by atoms with E-state index in [1.165, 1.54) is 20.2 Å². The highest BCUT2D eigenvalue weighted by Gasteiger charge is 2.20. The standard InChI is InChI=1S/C18H22N2O4S/c1-12-6-8-14(10-16(12)24-5)18(21)19-15-9-7-13(2)17(11-15)25(22,23)20(3)4/h6-11H,1-5H3,(H,19,21). The summed E-state index contributed by atoms with van der Waals surface area (Å²) >= 11 is 0. The average molecular weight is 362 g/mol. The number of rotatable bonds is 5. The monoisotopic (exact) mass is 362 g/mol. The van der Waals surface area contributed by atoms with Crippen molar-refractivity contribution in [1.29, 1.82) is 0 Å². The Hall–Kier alpha value is -2.38. The predicted molar refractivity (Wildman–Crippen MR) is 97.7 cm³/mol. The van der Waals surface area contributed by atoms with Crippen LogP contribution in [0.25, 0.3) is 0 Å². The maximum atomic E-state index is 12.4. The summed E-state index contributed by atoms with van der Waals surface area (Å²) in [6.07, 6.45) is 0. The first-order chi connectivity index (χ1) is 11.7.